The second-order valence-electron chi connectivity index (χ2n) is 5.93. The van der Waals surface area contributed by atoms with Crippen LogP contribution in [0.3, 0.4) is 0 Å². The molecule has 0 atom stereocenters. The first-order valence-electron chi connectivity index (χ1n) is 7.27. The lowest BCUT2D eigenvalue weighted by molar-refractivity contribution is 0.107. The van der Waals surface area contributed by atoms with Crippen molar-refractivity contribution in [3.05, 3.63) is 35.4 Å². The van der Waals surface area contributed by atoms with Crippen molar-refractivity contribution in [2.24, 2.45) is 4.99 Å². The molecule has 1 aliphatic rings. The molecule has 1 aliphatic heterocycles. The van der Waals surface area contributed by atoms with Crippen molar-refractivity contribution in [3.63, 3.8) is 0 Å². The molecule has 21 heavy (non-hydrogen) atoms. The molecule has 2 rings (SSSR count). The molecular weight excluding hydrogens is 375 g/mol. The highest BCUT2D eigenvalue weighted by atomic mass is 127. The number of benzene rings is 1. The fraction of sp³-hybridized carbons (Fsp3) is 0.562. The molecule has 0 bridgehead atoms. The van der Waals surface area contributed by atoms with Gasteiger partial charge in [0.2, 0.25) is 0 Å². The van der Waals surface area contributed by atoms with E-state index in [1.807, 2.05) is 7.05 Å². The Morgan fingerprint density at radius 2 is 1.95 bits per heavy atom. The molecule has 0 unspecified atom stereocenters. The lowest BCUT2D eigenvalue weighted by Crippen LogP contribution is -2.54. The van der Waals surface area contributed by atoms with E-state index in [2.05, 4.69) is 58.6 Å². The van der Waals surface area contributed by atoms with Gasteiger partial charge in [-0.15, -0.1) is 24.0 Å². The van der Waals surface area contributed by atoms with Gasteiger partial charge in [-0.1, -0.05) is 24.3 Å². The summed E-state index contributed by atoms with van der Waals surface area (Å²) in [5, 5.41) is 6.44. The minimum absolute atomic E-state index is 0. The Kier molecular flexibility index (Phi) is 6.93. The van der Waals surface area contributed by atoms with Crippen LogP contribution in [0.25, 0.3) is 0 Å². The molecule has 2 N–H and O–H groups in total. The second kappa shape index (κ2) is 7.98. The summed E-state index contributed by atoms with van der Waals surface area (Å²) >= 11 is 0. The normalized spacial score (nSPS) is 15.9. The van der Waals surface area contributed by atoms with Crippen molar-refractivity contribution < 1.29 is 0 Å². The van der Waals surface area contributed by atoms with E-state index >= 15 is 0 Å². The minimum atomic E-state index is 0. The van der Waals surface area contributed by atoms with Crippen molar-refractivity contribution in [1.29, 1.82) is 0 Å². The van der Waals surface area contributed by atoms with Gasteiger partial charge in [-0.3, -0.25) is 9.89 Å². The first-order valence-corrected chi connectivity index (χ1v) is 7.27. The van der Waals surface area contributed by atoms with Crippen LogP contribution in [-0.4, -0.2) is 43.6 Å². The van der Waals surface area contributed by atoms with Gasteiger partial charge in [0.05, 0.1) is 0 Å². The van der Waals surface area contributed by atoms with Crippen LogP contribution in [0.5, 0.6) is 0 Å². The van der Waals surface area contributed by atoms with E-state index in [-0.39, 0.29) is 29.5 Å². The molecule has 118 valence electrons. The number of aliphatic imine (C=N–C) groups is 1. The molecule has 0 radical (unpaired) electrons. The average molecular weight is 402 g/mol. The number of hydrogen-bond donors (Lipinski definition) is 2. The van der Waals surface area contributed by atoms with E-state index in [1.54, 1.807) is 7.05 Å². The summed E-state index contributed by atoms with van der Waals surface area (Å²) in [6.07, 6.45) is 1.14. The van der Waals surface area contributed by atoms with Gasteiger partial charge in [0.15, 0.2) is 5.96 Å². The van der Waals surface area contributed by atoms with Gasteiger partial charge in [-0.05, 0) is 31.4 Å². The van der Waals surface area contributed by atoms with E-state index in [0.717, 1.165) is 32.0 Å². The molecule has 4 nitrogen and oxygen atoms in total. The maximum atomic E-state index is 4.17. The third-order valence-corrected chi connectivity index (χ3v) is 4.14. The molecule has 1 aromatic rings. The molecule has 1 heterocycles. The number of rotatable bonds is 3. The number of fused-ring (bicyclic) bond motifs is 1. The van der Waals surface area contributed by atoms with Gasteiger partial charge < -0.3 is 10.6 Å². The van der Waals surface area contributed by atoms with Crippen molar-refractivity contribution >= 4 is 29.9 Å². The number of nitrogens with zero attached hydrogens (tertiary/aromatic N) is 2. The Morgan fingerprint density at radius 1 is 1.29 bits per heavy atom. The molecule has 0 spiro atoms. The summed E-state index contributed by atoms with van der Waals surface area (Å²) in [5.41, 5.74) is 3.06. The standard InChI is InChI=1S/C16H26N4.HI/c1-16(2,12-19-15(17-3)18-4)20-10-9-13-7-5-6-8-14(13)11-20;/h5-8H,9-12H2,1-4H3,(H2,17,18,19);1H. The largest absolute Gasteiger partial charge is 0.359 e. The Labute approximate surface area is 145 Å². The van der Waals surface area contributed by atoms with Crippen LogP contribution in [0.2, 0.25) is 0 Å². The van der Waals surface area contributed by atoms with E-state index < -0.39 is 0 Å². The van der Waals surface area contributed by atoms with Crippen LogP contribution in [0.1, 0.15) is 25.0 Å². The molecular formula is C16H27IN4. The van der Waals surface area contributed by atoms with Crippen molar-refractivity contribution in [3.8, 4) is 0 Å². The first kappa shape index (κ1) is 18.2. The molecule has 0 amide bonds. The summed E-state index contributed by atoms with van der Waals surface area (Å²) < 4.78 is 0. The molecule has 5 heteroatoms. The topological polar surface area (TPSA) is 39.7 Å². The van der Waals surface area contributed by atoms with Crippen LogP contribution in [-0.2, 0) is 13.0 Å². The highest BCUT2D eigenvalue weighted by molar-refractivity contribution is 14.0. The van der Waals surface area contributed by atoms with Gasteiger partial charge >= 0.3 is 0 Å². The van der Waals surface area contributed by atoms with Crippen molar-refractivity contribution in [1.82, 2.24) is 15.5 Å². The maximum absolute atomic E-state index is 4.17. The van der Waals surface area contributed by atoms with Gasteiger partial charge in [-0.2, -0.15) is 0 Å². The number of nitrogens with one attached hydrogen (secondary N) is 2. The lowest BCUT2D eigenvalue weighted by Gasteiger charge is -2.41. The van der Waals surface area contributed by atoms with Gasteiger partial charge in [-0.25, -0.2) is 0 Å². The second-order valence-corrected chi connectivity index (χ2v) is 5.93. The smallest absolute Gasteiger partial charge is 0.190 e. The Morgan fingerprint density at radius 3 is 2.57 bits per heavy atom. The zero-order chi connectivity index (χ0) is 14.6. The molecule has 0 fully saturated rings. The summed E-state index contributed by atoms with van der Waals surface area (Å²) in [7, 11) is 3.68. The third-order valence-electron chi connectivity index (χ3n) is 4.14. The Balaban J connectivity index is 0.00000220. The SMILES string of the molecule is CN=C(NC)NCC(C)(C)N1CCc2ccccc2C1.I. The Hall–Kier alpha value is -0.820. The van der Waals surface area contributed by atoms with Crippen LogP contribution < -0.4 is 10.6 Å². The van der Waals surface area contributed by atoms with Crippen LogP contribution in [0, 0.1) is 0 Å². The monoisotopic (exact) mass is 402 g/mol. The van der Waals surface area contributed by atoms with Crippen LogP contribution >= 0.6 is 24.0 Å². The number of hydrogen-bond acceptors (Lipinski definition) is 2. The predicted molar refractivity (Wildman–Crippen MR) is 100 cm³/mol. The van der Waals surface area contributed by atoms with Gasteiger partial charge in [0, 0.05) is 39.3 Å². The lowest BCUT2D eigenvalue weighted by atomic mass is 9.94. The van der Waals surface area contributed by atoms with E-state index in [4.69, 9.17) is 0 Å². The summed E-state index contributed by atoms with van der Waals surface area (Å²) in [6.45, 7) is 7.60. The van der Waals surface area contributed by atoms with Gasteiger partial charge in [0.25, 0.3) is 0 Å². The van der Waals surface area contributed by atoms with Crippen LogP contribution in [0.4, 0.5) is 0 Å². The molecule has 0 aliphatic carbocycles. The maximum Gasteiger partial charge on any atom is 0.190 e. The van der Waals surface area contributed by atoms with Crippen molar-refractivity contribution in [2.45, 2.75) is 32.4 Å². The molecule has 0 saturated carbocycles. The summed E-state index contributed by atoms with van der Waals surface area (Å²) in [4.78, 5) is 6.71. The fourth-order valence-corrected chi connectivity index (χ4v) is 2.70. The van der Waals surface area contributed by atoms with Gasteiger partial charge in [0.1, 0.15) is 0 Å². The minimum Gasteiger partial charge on any atom is -0.359 e. The Bertz CT molecular complexity index is 485. The third kappa shape index (κ3) is 4.57. The summed E-state index contributed by atoms with van der Waals surface area (Å²) in [5.74, 6) is 0.843. The average Bonchev–Trinajstić information content (AvgIpc) is 2.47. The van der Waals surface area contributed by atoms with Crippen LogP contribution in [0.15, 0.2) is 29.3 Å². The molecule has 1 aromatic carbocycles. The number of halogens is 1. The fourth-order valence-electron chi connectivity index (χ4n) is 2.70. The predicted octanol–water partition coefficient (Wildman–Crippen LogP) is 2.24. The first-order chi connectivity index (χ1) is 9.56. The van der Waals surface area contributed by atoms with E-state index in [1.165, 1.54) is 11.1 Å². The zero-order valence-corrected chi connectivity index (χ0v) is 15.8. The van der Waals surface area contributed by atoms with E-state index in [9.17, 15) is 0 Å². The molecule has 0 saturated heterocycles. The quantitative estimate of drug-likeness (QED) is 0.463. The number of guanidine groups is 1. The highest BCUT2D eigenvalue weighted by Crippen LogP contribution is 2.24. The molecule has 0 aromatic heterocycles. The summed E-state index contributed by atoms with van der Waals surface area (Å²) in [6, 6.07) is 8.77. The highest BCUT2D eigenvalue weighted by Gasteiger charge is 2.29. The van der Waals surface area contributed by atoms with E-state index in [0.29, 0.717) is 0 Å². The van der Waals surface area contributed by atoms with Crippen molar-refractivity contribution in [2.75, 3.05) is 27.2 Å². The zero-order valence-electron chi connectivity index (χ0n) is 13.4.